The molecule has 6 fully saturated rings. The van der Waals surface area contributed by atoms with Gasteiger partial charge in [0.1, 0.15) is 0 Å². The summed E-state index contributed by atoms with van der Waals surface area (Å²) in [7, 11) is 0. The summed E-state index contributed by atoms with van der Waals surface area (Å²) in [5.74, 6) is 2.83. The third kappa shape index (κ3) is 1.52. The standard InChI is InChI=1S/C30H39N/c1-18-10-14-30-20-5-3-7-23-22-9-8-19-15-21-6-4-12-29(21)17-31(29)26(25(19)22)28(13-11-20,16-24(18)30)27(23,30)2/h9,20-21,23,26H,3-8,10-17H2,1-2H3/t20-,21-,23+,26+,27+,28+,29+,30-,31?/m1/s1. The molecule has 9 atom stereocenters. The molecule has 2 spiro atoms. The van der Waals surface area contributed by atoms with Gasteiger partial charge in [-0.2, -0.15) is 0 Å². The van der Waals surface area contributed by atoms with E-state index in [1.165, 1.54) is 83.6 Å². The molecule has 31 heavy (non-hydrogen) atoms. The first-order valence-electron chi connectivity index (χ1n) is 14.0. The molecule has 2 heterocycles. The Morgan fingerprint density at radius 3 is 2.84 bits per heavy atom. The molecule has 2 aliphatic heterocycles. The van der Waals surface area contributed by atoms with Gasteiger partial charge in [0, 0.05) is 29.0 Å². The van der Waals surface area contributed by atoms with Gasteiger partial charge in [-0.05, 0) is 112 Å². The molecule has 0 amide bonds. The number of hydrogen-bond acceptors (Lipinski definition) is 1. The molecular formula is C30H39N. The van der Waals surface area contributed by atoms with Gasteiger partial charge in [-0.25, -0.2) is 0 Å². The summed E-state index contributed by atoms with van der Waals surface area (Å²) in [6.45, 7) is 6.89. The first-order valence-corrected chi connectivity index (χ1v) is 14.0. The summed E-state index contributed by atoms with van der Waals surface area (Å²) in [5.41, 5.74) is 11.9. The maximum absolute atomic E-state index is 3.17. The third-order valence-electron chi connectivity index (χ3n) is 13.9. The average Bonchev–Trinajstić information content (AvgIpc) is 2.92. The van der Waals surface area contributed by atoms with E-state index in [1.54, 1.807) is 6.42 Å². The first-order chi connectivity index (χ1) is 15.1. The van der Waals surface area contributed by atoms with Crippen molar-refractivity contribution >= 4 is 0 Å². The van der Waals surface area contributed by atoms with Gasteiger partial charge in [0.2, 0.25) is 0 Å². The Labute approximate surface area is 188 Å². The normalized spacial score (nSPS) is 59.5. The van der Waals surface area contributed by atoms with E-state index in [0.717, 1.165) is 23.8 Å². The molecule has 1 unspecified atom stereocenters. The predicted molar refractivity (Wildman–Crippen MR) is 124 cm³/mol. The minimum absolute atomic E-state index is 0.518. The van der Waals surface area contributed by atoms with Crippen molar-refractivity contribution in [2.75, 3.05) is 6.54 Å². The largest absolute Gasteiger partial charge is 0.287 e. The summed E-state index contributed by atoms with van der Waals surface area (Å²) in [6.07, 6.45) is 22.1. The summed E-state index contributed by atoms with van der Waals surface area (Å²) in [5, 5.41) is 0. The highest BCUT2D eigenvalue weighted by molar-refractivity contribution is 5.60. The van der Waals surface area contributed by atoms with Crippen LogP contribution in [-0.4, -0.2) is 23.0 Å². The highest BCUT2D eigenvalue weighted by Gasteiger charge is 2.81. The van der Waals surface area contributed by atoms with Crippen LogP contribution in [0.2, 0.25) is 0 Å². The molecule has 0 aromatic rings. The van der Waals surface area contributed by atoms with Gasteiger partial charge in [-0.1, -0.05) is 42.6 Å². The van der Waals surface area contributed by atoms with Crippen LogP contribution in [-0.2, 0) is 0 Å². The highest BCUT2D eigenvalue weighted by atomic mass is 15.4. The van der Waals surface area contributed by atoms with Crippen LogP contribution in [0.1, 0.15) is 97.3 Å². The van der Waals surface area contributed by atoms with E-state index in [9.17, 15) is 0 Å². The molecule has 0 N–H and O–H groups in total. The van der Waals surface area contributed by atoms with Crippen LogP contribution in [0.15, 0.2) is 33.9 Å². The fourth-order valence-electron chi connectivity index (χ4n) is 12.9. The lowest BCUT2D eigenvalue weighted by atomic mass is 9.38. The van der Waals surface area contributed by atoms with Crippen molar-refractivity contribution in [3.05, 3.63) is 33.9 Å². The van der Waals surface area contributed by atoms with Crippen LogP contribution in [0.25, 0.3) is 0 Å². The number of fused-ring (bicyclic) bond motifs is 2. The van der Waals surface area contributed by atoms with Crippen molar-refractivity contribution in [3.8, 4) is 0 Å². The predicted octanol–water partition coefficient (Wildman–Crippen LogP) is 6.96. The molecule has 9 aliphatic rings. The zero-order valence-electron chi connectivity index (χ0n) is 19.7. The lowest BCUT2D eigenvalue weighted by Gasteiger charge is -2.67. The lowest BCUT2D eigenvalue weighted by molar-refractivity contribution is -0.144. The van der Waals surface area contributed by atoms with Crippen LogP contribution in [0.5, 0.6) is 0 Å². The summed E-state index contributed by atoms with van der Waals surface area (Å²) in [6, 6.07) is 0.780. The van der Waals surface area contributed by atoms with Crippen molar-refractivity contribution in [1.29, 1.82) is 0 Å². The van der Waals surface area contributed by atoms with Gasteiger partial charge in [0.05, 0.1) is 0 Å². The Morgan fingerprint density at radius 2 is 1.90 bits per heavy atom. The summed E-state index contributed by atoms with van der Waals surface area (Å²) >= 11 is 0. The zero-order chi connectivity index (χ0) is 20.4. The van der Waals surface area contributed by atoms with E-state index in [-0.39, 0.29) is 0 Å². The van der Waals surface area contributed by atoms with Gasteiger partial charge in [0.25, 0.3) is 0 Å². The smallest absolute Gasteiger partial charge is 0.0422 e. The van der Waals surface area contributed by atoms with Crippen LogP contribution >= 0.6 is 0 Å². The zero-order valence-corrected chi connectivity index (χ0v) is 19.7. The van der Waals surface area contributed by atoms with Gasteiger partial charge in [-0.15, -0.1) is 0 Å². The van der Waals surface area contributed by atoms with Crippen LogP contribution in [0.3, 0.4) is 0 Å². The molecule has 4 bridgehead atoms. The van der Waals surface area contributed by atoms with E-state index < -0.39 is 0 Å². The number of rotatable bonds is 0. The molecule has 1 heteroatoms. The molecule has 9 rings (SSSR count). The molecular weight excluding hydrogens is 374 g/mol. The van der Waals surface area contributed by atoms with Crippen LogP contribution in [0, 0.1) is 34.0 Å². The number of hydrogen-bond donors (Lipinski definition) is 0. The van der Waals surface area contributed by atoms with Gasteiger partial charge < -0.3 is 0 Å². The minimum atomic E-state index is 0.518. The van der Waals surface area contributed by atoms with E-state index in [4.69, 9.17) is 0 Å². The fraction of sp³-hybridized carbons (Fsp3) is 0.800. The fourth-order valence-corrected chi connectivity index (χ4v) is 12.9. The van der Waals surface area contributed by atoms with Crippen LogP contribution in [0.4, 0.5) is 0 Å². The van der Waals surface area contributed by atoms with Crippen molar-refractivity contribution in [2.45, 2.75) is 109 Å². The minimum Gasteiger partial charge on any atom is -0.287 e. The second-order valence-corrected chi connectivity index (χ2v) is 13.8. The van der Waals surface area contributed by atoms with E-state index >= 15 is 0 Å². The van der Waals surface area contributed by atoms with Crippen molar-refractivity contribution < 1.29 is 0 Å². The molecule has 1 saturated heterocycles. The maximum atomic E-state index is 3.17. The van der Waals surface area contributed by atoms with E-state index in [2.05, 4.69) is 24.8 Å². The first kappa shape index (κ1) is 17.6. The van der Waals surface area contributed by atoms with Gasteiger partial charge in [0.15, 0.2) is 0 Å². The quantitative estimate of drug-likeness (QED) is 0.306. The van der Waals surface area contributed by atoms with Gasteiger partial charge >= 0.3 is 0 Å². The maximum Gasteiger partial charge on any atom is 0.0422 e. The Hall–Kier alpha value is -0.820. The number of nitrogens with zero attached hydrogens (tertiary/aromatic N) is 1. The molecule has 7 aliphatic carbocycles. The third-order valence-corrected chi connectivity index (χ3v) is 13.9. The molecule has 164 valence electrons. The summed E-state index contributed by atoms with van der Waals surface area (Å²) in [4.78, 5) is 3.17. The van der Waals surface area contributed by atoms with Crippen molar-refractivity contribution in [3.63, 3.8) is 0 Å². The van der Waals surface area contributed by atoms with Crippen molar-refractivity contribution in [2.24, 2.45) is 34.0 Å². The average molecular weight is 414 g/mol. The SMILES string of the molecule is CC1=C2C[C@@]34CC[C@H]5CCC[C@@H](C6=CCC7=C6[C@@H]3N3C[C@]36CCC[C@@H]6C7)[C@]4(C)[C@@]25CC1. The Morgan fingerprint density at radius 1 is 1.00 bits per heavy atom. The Balaban J connectivity index is 1.37. The summed E-state index contributed by atoms with van der Waals surface area (Å²) < 4.78 is 0. The Bertz CT molecular complexity index is 1040. The monoisotopic (exact) mass is 413 g/mol. The highest BCUT2D eigenvalue weighted by Crippen LogP contribution is 2.86. The topological polar surface area (TPSA) is 3.01 Å². The lowest BCUT2D eigenvalue weighted by Crippen LogP contribution is -2.64. The number of allylic oxidation sites excluding steroid dienone is 4. The Kier molecular flexibility index (Phi) is 2.83. The van der Waals surface area contributed by atoms with E-state index in [1.807, 2.05) is 27.9 Å². The molecule has 1 nitrogen and oxygen atoms in total. The molecule has 0 aromatic carbocycles. The van der Waals surface area contributed by atoms with Crippen molar-refractivity contribution in [1.82, 2.24) is 4.90 Å². The second-order valence-electron chi connectivity index (χ2n) is 13.8. The molecule has 0 radical (unpaired) electrons. The molecule has 5 saturated carbocycles. The van der Waals surface area contributed by atoms with E-state index in [0.29, 0.717) is 21.8 Å². The van der Waals surface area contributed by atoms with Gasteiger partial charge in [-0.3, -0.25) is 4.90 Å². The second kappa shape index (κ2) is 4.98. The van der Waals surface area contributed by atoms with Crippen LogP contribution < -0.4 is 0 Å². The molecule has 0 aromatic heterocycles.